The lowest BCUT2D eigenvalue weighted by Crippen LogP contribution is -2.25. The minimum Gasteiger partial charge on any atom is -0.314 e. The molecule has 2 atom stereocenters. The van der Waals surface area contributed by atoms with Gasteiger partial charge in [0.15, 0.2) is 0 Å². The second-order valence-corrected chi connectivity index (χ2v) is 6.41. The first kappa shape index (κ1) is 13.0. The van der Waals surface area contributed by atoms with Gasteiger partial charge in [-0.25, -0.2) is 0 Å². The molecule has 0 amide bonds. The molecule has 0 fully saturated rings. The molecule has 1 N–H and O–H groups in total. The van der Waals surface area contributed by atoms with Crippen LogP contribution in [0.25, 0.3) is 0 Å². The molecule has 1 aromatic carbocycles. The van der Waals surface area contributed by atoms with E-state index in [4.69, 9.17) is 0 Å². The quantitative estimate of drug-likeness (QED) is 0.941. The molecule has 2 unspecified atom stereocenters. The maximum Gasteiger partial charge on any atom is 0.149 e. The van der Waals surface area contributed by atoms with Gasteiger partial charge in [0.05, 0.1) is 6.04 Å². The number of aryl methyl sites for hydroxylation is 3. The lowest BCUT2D eigenvalue weighted by Gasteiger charge is -2.20. The highest BCUT2D eigenvalue weighted by molar-refractivity contribution is 5.37. The van der Waals surface area contributed by atoms with Gasteiger partial charge in [0, 0.05) is 19.0 Å². The molecule has 2 heterocycles. The monoisotopic (exact) mass is 282 g/mol. The SMILES string of the molecule is Cc1ccc2c(c1)C(NC(C)c1nnc3n1CCC3)CC2. The van der Waals surface area contributed by atoms with Crippen molar-refractivity contribution < 1.29 is 0 Å². The van der Waals surface area contributed by atoms with Gasteiger partial charge in [-0.15, -0.1) is 10.2 Å². The van der Waals surface area contributed by atoms with E-state index in [2.05, 4.69) is 52.1 Å². The maximum absolute atomic E-state index is 4.40. The zero-order valence-electron chi connectivity index (χ0n) is 12.8. The van der Waals surface area contributed by atoms with Crippen LogP contribution in [-0.4, -0.2) is 14.8 Å². The third-order valence-electron chi connectivity index (χ3n) is 4.86. The van der Waals surface area contributed by atoms with Crippen molar-refractivity contribution in [2.45, 2.75) is 58.2 Å². The molecule has 2 aromatic rings. The fourth-order valence-electron chi connectivity index (χ4n) is 3.76. The number of nitrogens with zero attached hydrogens (tertiary/aromatic N) is 3. The first-order chi connectivity index (χ1) is 10.2. The van der Waals surface area contributed by atoms with Crippen molar-refractivity contribution in [3.8, 4) is 0 Å². The van der Waals surface area contributed by atoms with Crippen LogP contribution in [0.3, 0.4) is 0 Å². The molecule has 2 aliphatic rings. The highest BCUT2D eigenvalue weighted by atomic mass is 15.3. The van der Waals surface area contributed by atoms with Crippen LogP contribution in [0.15, 0.2) is 18.2 Å². The van der Waals surface area contributed by atoms with E-state index in [9.17, 15) is 0 Å². The number of nitrogens with one attached hydrogen (secondary N) is 1. The van der Waals surface area contributed by atoms with Gasteiger partial charge < -0.3 is 9.88 Å². The zero-order chi connectivity index (χ0) is 14.4. The van der Waals surface area contributed by atoms with Crippen LogP contribution in [-0.2, 0) is 19.4 Å². The Bertz CT molecular complexity index is 673. The Balaban J connectivity index is 1.56. The van der Waals surface area contributed by atoms with E-state index >= 15 is 0 Å². The second-order valence-electron chi connectivity index (χ2n) is 6.41. The summed E-state index contributed by atoms with van der Waals surface area (Å²) < 4.78 is 2.30. The third kappa shape index (κ3) is 2.18. The second kappa shape index (κ2) is 4.95. The summed E-state index contributed by atoms with van der Waals surface area (Å²) in [7, 11) is 0. The van der Waals surface area contributed by atoms with Crippen molar-refractivity contribution in [2.24, 2.45) is 0 Å². The Morgan fingerprint density at radius 1 is 1.29 bits per heavy atom. The van der Waals surface area contributed by atoms with Crippen molar-refractivity contribution in [3.63, 3.8) is 0 Å². The molecule has 4 nitrogen and oxygen atoms in total. The van der Waals surface area contributed by atoms with Crippen molar-refractivity contribution >= 4 is 0 Å². The first-order valence-corrected chi connectivity index (χ1v) is 8.00. The van der Waals surface area contributed by atoms with Crippen LogP contribution < -0.4 is 5.32 Å². The van der Waals surface area contributed by atoms with Crippen LogP contribution >= 0.6 is 0 Å². The molecule has 0 spiro atoms. The van der Waals surface area contributed by atoms with Crippen LogP contribution in [0.4, 0.5) is 0 Å². The van der Waals surface area contributed by atoms with Crippen LogP contribution in [0.5, 0.6) is 0 Å². The first-order valence-electron chi connectivity index (χ1n) is 8.00. The summed E-state index contributed by atoms with van der Waals surface area (Å²) in [5.74, 6) is 2.25. The summed E-state index contributed by atoms with van der Waals surface area (Å²) in [6, 6.07) is 7.54. The molecule has 0 saturated carbocycles. The van der Waals surface area contributed by atoms with Crippen molar-refractivity contribution in [3.05, 3.63) is 46.5 Å². The predicted molar refractivity (Wildman–Crippen MR) is 82.1 cm³/mol. The predicted octanol–water partition coefficient (Wildman–Crippen LogP) is 2.87. The van der Waals surface area contributed by atoms with E-state index < -0.39 is 0 Å². The summed E-state index contributed by atoms with van der Waals surface area (Å²) in [5.41, 5.74) is 4.32. The molecule has 0 bridgehead atoms. The third-order valence-corrected chi connectivity index (χ3v) is 4.86. The van der Waals surface area contributed by atoms with Crippen molar-refractivity contribution in [1.82, 2.24) is 20.1 Å². The zero-order valence-corrected chi connectivity index (χ0v) is 12.8. The van der Waals surface area contributed by atoms with Gasteiger partial charge in [0.2, 0.25) is 0 Å². The van der Waals surface area contributed by atoms with Gasteiger partial charge in [0.1, 0.15) is 11.6 Å². The number of benzene rings is 1. The molecule has 1 aliphatic carbocycles. The Morgan fingerprint density at radius 3 is 3.10 bits per heavy atom. The Kier molecular flexibility index (Phi) is 3.07. The number of fused-ring (bicyclic) bond motifs is 2. The highest BCUT2D eigenvalue weighted by Gasteiger charge is 2.27. The smallest absolute Gasteiger partial charge is 0.149 e. The molecule has 4 rings (SSSR count). The number of rotatable bonds is 3. The minimum atomic E-state index is 0.251. The number of hydrogen-bond donors (Lipinski definition) is 1. The van der Waals surface area contributed by atoms with Crippen LogP contribution in [0.2, 0.25) is 0 Å². The minimum absolute atomic E-state index is 0.251. The molecule has 110 valence electrons. The molecule has 4 heteroatoms. The van der Waals surface area contributed by atoms with Gasteiger partial charge in [0.25, 0.3) is 0 Å². The summed E-state index contributed by atoms with van der Waals surface area (Å²) in [4.78, 5) is 0. The Morgan fingerprint density at radius 2 is 2.19 bits per heavy atom. The van der Waals surface area contributed by atoms with E-state index in [1.807, 2.05) is 0 Å². The highest BCUT2D eigenvalue weighted by Crippen LogP contribution is 2.33. The normalized spacial score (nSPS) is 21.3. The van der Waals surface area contributed by atoms with Crippen LogP contribution in [0, 0.1) is 6.92 Å². The molecule has 1 aliphatic heterocycles. The van der Waals surface area contributed by atoms with Crippen molar-refractivity contribution in [1.29, 1.82) is 0 Å². The summed E-state index contributed by atoms with van der Waals surface area (Å²) >= 11 is 0. The fraction of sp³-hybridized carbons (Fsp3) is 0.529. The van der Waals surface area contributed by atoms with E-state index in [-0.39, 0.29) is 6.04 Å². The summed E-state index contributed by atoms with van der Waals surface area (Å²) in [5, 5.41) is 12.5. The summed E-state index contributed by atoms with van der Waals surface area (Å²) in [6.45, 7) is 5.46. The maximum atomic E-state index is 4.40. The van der Waals surface area contributed by atoms with E-state index in [1.165, 1.54) is 36.0 Å². The standard InChI is InChI=1S/C17H22N4/c1-11-5-6-13-7-8-15(14(13)10-11)18-12(2)17-20-19-16-4-3-9-21(16)17/h5-6,10,12,15,18H,3-4,7-9H2,1-2H3. The van der Waals surface area contributed by atoms with E-state index in [0.717, 1.165) is 24.6 Å². The average Bonchev–Trinajstić information content (AvgIpc) is 3.14. The van der Waals surface area contributed by atoms with Gasteiger partial charge >= 0.3 is 0 Å². The van der Waals surface area contributed by atoms with Gasteiger partial charge in [-0.3, -0.25) is 0 Å². The largest absolute Gasteiger partial charge is 0.314 e. The van der Waals surface area contributed by atoms with Gasteiger partial charge in [-0.2, -0.15) is 0 Å². The topological polar surface area (TPSA) is 42.7 Å². The van der Waals surface area contributed by atoms with Gasteiger partial charge in [-0.05, 0) is 44.2 Å². The molecular formula is C17H22N4. The van der Waals surface area contributed by atoms with E-state index in [1.54, 1.807) is 0 Å². The Labute approximate surface area is 125 Å². The van der Waals surface area contributed by atoms with Crippen molar-refractivity contribution in [2.75, 3.05) is 0 Å². The molecule has 1 aromatic heterocycles. The molecule has 0 radical (unpaired) electrons. The lowest BCUT2D eigenvalue weighted by atomic mass is 10.0. The molecule has 0 saturated heterocycles. The van der Waals surface area contributed by atoms with Crippen LogP contribution in [0.1, 0.15) is 60.2 Å². The molecule has 21 heavy (non-hydrogen) atoms. The fourth-order valence-corrected chi connectivity index (χ4v) is 3.76. The Hall–Kier alpha value is -1.68. The number of hydrogen-bond acceptors (Lipinski definition) is 3. The van der Waals surface area contributed by atoms with Gasteiger partial charge in [-0.1, -0.05) is 23.8 Å². The average molecular weight is 282 g/mol. The summed E-state index contributed by atoms with van der Waals surface area (Å²) in [6.07, 6.45) is 4.64. The number of aromatic nitrogens is 3. The lowest BCUT2D eigenvalue weighted by molar-refractivity contribution is 0.437. The van der Waals surface area contributed by atoms with E-state index in [0.29, 0.717) is 6.04 Å². The molecular weight excluding hydrogens is 260 g/mol.